The predicted molar refractivity (Wildman–Crippen MR) is 83.6 cm³/mol. The van der Waals surface area contributed by atoms with Gasteiger partial charge in [0.15, 0.2) is 4.58 Å². The van der Waals surface area contributed by atoms with Crippen LogP contribution in [0.1, 0.15) is 0 Å². The van der Waals surface area contributed by atoms with Crippen molar-refractivity contribution in [3.8, 4) is 0 Å². The van der Waals surface area contributed by atoms with Crippen LogP contribution in [0, 0.1) is 0 Å². The van der Waals surface area contributed by atoms with E-state index in [0.717, 1.165) is 0 Å². The molecule has 0 radical (unpaired) electrons. The minimum Gasteiger partial charge on any atom is -0.468 e. The van der Waals surface area contributed by atoms with Crippen LogP contribution in [0.3, 0.4) is 0 Å². The lowest BCUT2D eigenvalue weighted by Gasteiger charge is -2.20. The Bertz CT molecular complexity index is 285. The van der Waals surface area contributed by atoms with E-state index >= 15 is 0 Å². The van der Waals surface area contributed by atoms with Crippen molar-refractivity contribution in [2.45, 2.75) is 4.58 Å². The van der Waals surface area contributed by atoms with Gasteiger partial charge in [0.2, 0.25) is 0 Å². The summed E-state index contributed by atoms with van der Waals surface area (Å²) in [6, 6.07) is 0. The maximum Gasteiger partial charge on any atom is 0.329 e. The summed E-state index contributed by atoms with van der Waals surface area (Å²) in [5.41, 5.74) is 0. The number of esters is 1. The molecule has 17 heavy (non-hydrogen) atoms. The van der Waals surface area contributed by atoms with Crippen molar-refractivity contribution in [2.24, 2.45) is 0 Å². The average Bonchev–Trinajstić information content (AvgIpc) is 2.26. The minimum atomic E-state index is -0.468. The van der Waals surface area contributed by atoms with Crippen LogP contribution in [-0.2, 0) is 9.53 Å². The number of nitrogens with zero attached hydrogens (tertiary/aromatic N) is 2. The number of hydrogen-bond acceptors (Lipinski definition) is 6. The molecular formula is C9H16N2O2S4. The van der Waals surface area contributed by atoms with E-state index in [0.29, 0.717) is 8.64 Å². The quantitative estimate of drug-likeness (QED) is 0.442. The lowest BCUT2D eigenvalue weighted by atomic mass is 10.8. The third-order valence-corrected chi connectivity index (χ3v) is 5.37. The van der Waals surface area contributed by atoms with Gasteiger partial charge in [0, 0.05) is 28.2 Å². The molecule has 0 unspecified atom stereocenters. The monoisotopic (exact) mass is 312 g/mol. The van der Waals surface area contributed by atoms with Crippen molar-refractivity contribution in [3.63, 3.8) is 0 Å². The number of rotatable bonds is 3. The predicted octanol–water partition coefficient (Wildman–Crippen LogP) is 1.64. The Labute approximate surface area is 121 Å². The van der Waals surface area contributed by atoms with Gasteiger partial charge in [0.05, 0.1) is 7.11 Å². The van der Waals surface area contributed by atoms with E-state index in [9.17, 15) is 4.79 Å². The zero-order valence-electron chi connectivity index (χ0n) is 10.4. The second-order valence-corrected chi connectivity index (χ2v) is 7.19. The summed E-state index contributed by atoms with van der Waals surface area (Å²) in [6.07, 6.45) is 0. The summed E-state index contributed by atoms with van der Waals surface area (Å²) in [7, 11) is 8.68. The molecule has 0 fully saturated rings. The SMILES string of the molecule is COC(=O)C(SC(=S)N(C)C)SC(=S)N(C)C. The normalized spacial score (nSPS) is 10.0. The van der Waals surface area contributed by atoms with E-state index in [1.54, 1.807) is 9.80 Å². The zero-order chi connectivity index (χ0) is 13.6. The number of methoxy groups -OCH3 is 1. The number of carbonyl (C=O) groups is 1. The molecule has 0 aromatic rings. The largest absolute Gasteiger partial charge is 0.468 e. The van der Waals surface area contributed by atoms with E-state index in [4.69, 9.17) is 29.2 Å². The van der Waals surface area contributed by atoms with Crippen LogP contribution in [0.25, 0.3) is 0 Å². The van der Waals surface area contributed by atoms with E-state index in [1.165, 1.54) is 30.6 Å². The van der Waals surface area contributed by atoms with Crippen molar-refractivity contribution in [2.75, 3.05) is 35.3 Å². The average molecular weight is 313 g/mol. The summed E-state index contributed by atoms with van der Waals surface area (Å²) >= 11 is 12.8. The molecule has 0 aliphatic heterocycles. The van der Waals surface area contributed by atoms with Gasteiger partial charge in [-0.05, 0) is 0 Å². The first-order chi connectivity index (χ1) is 7.79. The molecule has 0 aromatic heterocycles. The second kappa shape index (κ2) is 8.12. The number of ether oxygens (including phenoxy) is 1. The van der Waals surface area contributed by atoms with E-state index in [-0.39, 0.29) is 5.97 Å². The highest BCUT2D eigenvalue weighted by molar-refractivity contribution is 8.36. The molecule has 0 aliphatic rings. The zero-order valence-corrected chi connectivity index (χ0v) is 13.7. The Morgan fingerprint density at radius 2 is 1.41 bits per heavy atom. The Morgan fingerprint density at radius 3 is 1.65 bits per heavy atom. The molecule has 4 nitrogen and oxygen atoms in total. The van der Waals surface area contributed by atoms with Gasteiger partial charge in [-0.25, -0.2) is 4.79 Å². The highest BCUT2D eigenvalue weighted by Gasteiger charge is 2.25. The van der Waals surface area contributed by atoms with Gasteiger partial charge in [-0.2, -0.15) is 0 Å². The second-order valence-electron chi connectivity index (χ2n) is 3.41. The fourth-order valence-corrected chi connectivity index (χ4v) is 3.47. The van der Waals surface area contributed by atoms with Crippen LogP contribution >= 0.6 is 48.0 Å². The molecule has 0 rings (SSSR count). The molecular weight excluding hydrogens is 296 g/mol. The van der Waals surface area contributed by atoms with Crippen LogP contribution in [0.5, 0.6) is 0 Å². The molecule has 0 spiro atoms. The number of thioether (sulfide) groups is 2. The van der Waals surface area contributed by atoms with Crippen molar-refractivity contribution >= 4 is 62.6 Å². The van der Waals surface area contributed by atoms with Crippen LogP contribution < -0.4 is 0 Å². The highest BCUT2D eigenvalue weighted by atomic mass is 32.2. The molecule has 98 valence electrons. The summed E-state index contributed by atoms with van der Waals surface area (Å²) in [6.45, 7) is 0. The number of carbonyl (C=O) groups excluding carboxylic acids is 1. The maximum absolute atomic E-state index is 11.6. The van der Waals surface area contributed by atoms with Crippen molar-refractivity contribution in [1.82, 2.24) is 9.80 Å². The molecule has 0 aliphatic carbocycles. The van der Waals surface area contributed by atoms with Crippen molar-refractivity contribution in [3.05, 3.63) is 0 Å². The van der Waals surface area contributed by atoms with E-state index in [1.807, 2.05) is 28.2 Å². The topological polar surface area (TPSA) is 32.8 Å². The Kier molecular flexibility index (Phi) is 8.10. The molecule has 0 aromatic carbocycles. The molecule has 0 bridgehead atoms. The van der Waals surface area contributed by atoms with Crippen molar-refractivity contribution < 1.29 is 9.53 Å². The summed E-state index contributed by atoms with van der Waals surface area (Å²) in [4.78, 5) is 15.2. The van der Waals surface area contributed by atoms with Gasteiger partial charge in [-0.3, -0.25) is 0 Å². The van der Waals surface area contributed by atoms with Gasteiger partial charge < -0.3 is 14.5 Å². The number of hydrogen-bond donors (Lipinski definition) is 0. The first-order valence-electron chi connectivity index (χ1n) is 4.63. The van der Waals surface area contributed by atoms with Gasteiger partial charge in [0.1, 0.15) is 8.64 Å². The van der Waals surface area contributed by atoms with Gasteiger partial charge >= 0.3 is 5.97 Å². The standard InChI is InChI=1S/C9H16N2O2S4/c1-10(2)8(14)16-7(6(12)13-5)17-9(15)11(3)4/h7H,1-5H3. The van der Waals surface area contributed by atoms with Crippen LogP contribution in [0.4, 0.5) is 0 Å². The number of thiocarbonyl (C=S) groups is 2. The molecule has 0 heterocycles. The summed E-state index contributed by atoms with van der Waals surface area (Å²) in [5, 5.41) is 0. The van der Waals surface area contributed by atoms with E-state index in [2.05, 4.69) is 0 Å². The fourth-order valence-electron chi connectivity index (χ4n) is 0.610. The molecule has 0 amide bonds. The fraction of sp³-hybridized carbons (Fsp3) is 0.667. The Morgan fingerprint density at radius 1 is 1.06 bits per heavy atom. The Balaban J connectivity index is 4.61. The third-order valence-electron chi connectivity index (χ3n) is 1.54. The molecule has 0 atom stereocenters. The highest BCUT2D eigenvalue weighted by Crippen LogP contribution is 2.28. The van der Waals surface area contributed by atoms with Crippen molar-refractivity contribution in [1.29, 1.82) is 0 Å². The van der Waals surface area contributed by atoms with Gasteiger partial charge in [-0.1, -0.05) is 48.0 Å². The first-order valence-corrected chi connectivity index (χ1v) is 7.20. The van der Waals surface area contributed by atoms with E-state index < -0.39 is 4.58 Å². The minimum absolute atomic E-state index is 0.339. The van der Waals surface area contributed by atoms with Gasteiger partial charge in [-0.15, -0.1) is 0 Å². The molecule has 0 N–H and O–H groups in total. The first kappa shape index (κ1) is 16.9. The van der Waals surface area contributed by atoms with Crippen LogP contribution in [0.2, 0.25) is 0 Å². The lowest BCUT2D eigenvalue weighted by Crippen LogP contribution is -2.27. The lowest BCUT2D eigenvalue weighted by molar-refractivity contribution is -0.138. The Hall–Kier alpha value is -0.0500. The molecule has 0 saturated carbocycles. The van der Waals surface area contributed by atoms with Crippen LogP contribution in [-0.4, -0.2) is 64.3 Å². The maximum atomic E-state index is 11.6. The smallest absolute Gasteiger partial charge is 0.329 e. The molecule has 0 saturated heterocycles. The van der Waals surface area contributed by atoms with Crippen LogP contribution in [0.15, 0.2) is 0 Å². The molecule has 8 heteroatoms. The third kappa shape index (κ3) is 6.44. The summed E-state index contributed by atoms with van der Waals surface area (Å²) < 4.78 is 5.51. The van der Waals surface area contributed by atoms with Gasteiger partial charge in [0.25, 0.3) is 0 Å². The summed E-state index contributed by atoms with van der Waals surface area (Å²) in [5.74, 6) is -0.339.